The molecule has 2 aromatic rings. The summed E-state index contributed by atoms with van der Waals surface area (Å²) in [6.07, 6.45) is 1.72. The van der Waals surface area contributed by atoms with Crippen LogP contribution < -0.4 is 9.47 Å². The van der Waals surface area contributed by atoms with E-state index >= 15 is 0 Å². The molecule has 0 atom stereocenters. The summed E-state index contributed by atoms with van der Waals surface area (Å²) < 4.78 is 41.7. The van der Waals surface area contributed by atoms with Gasteiger partial charge in [-0.15, -0.1) is 5.16 Å². The van der Waals surface area contributed by atoms with E-state index in [1.54, 1.807) is 12.1 Å². The molecule has 27 heavy (non-hydrogen) atoms. The van der Waals surface area contributed by atoms with Crippen LogP contribution in [0.5, 0.6) is 17.2 Å². The van der Waals surface area contributed by atoms with Gasteiger partial charge in [0.1, 0.15) is 28.9 Å². The maximum Gasteiger partial charge on any atom is 0.138 e. The molecular weight excluding hydrogens is 380 g/mol. The topological polar surface area (TPSA) is 60.3 Å². The SMILES string of the molecule is CCOCC.ON=CCCOc1ccc(Oc2cc(F)cc(F)c2)cc1Cl. The van der Waals surface area contributed by atoms with Gasteiger partial charge >= 0.3 is 0 Å². The average Bonchev–Trinajstić information content (AvgIpc) is 2.60. The van der Waals surface area contributed by atoms with Crippen LogP contribution in [0.25, 0.3) is 0 Å². The summed E-state index contributed by atoms with van der Waals surface area (Å²) in [6, 6.07) is 7.49. The van der Waals surface area contributed by atoms with Crippen molar-refractivity contribution in [2.45, 2.75) is 20.3 Å². The summed E-state index contributed by atoms with van der Waals surface area (Å²) in [6.45, 7) is 5.96. The van der Waals surface area contributed by atoms with Gasteiger partial charge in [0.25, 0.3) is 0 Å². The molecule has 0 aliphatic heterocycles. The molecule has 0 aliphatic carbocycles. The van der Waals surface area contributed by atoms with Gasteiger partial charge in [0.15, 0.2) is 0 Å². The normalized spacial score (nSPS) is 10.4. The van der Waals surface area contributed by atoms with Gasteiger partial charge in [0.05, 0.1) is 11.6 Å². The van der Waals surface area contributed by atoms with Gasteiger partial charge in [0.2, 0.25) is 0 Å². The smallest absolute Gasteiger partial charge is 0.138 e. The van der Waals surface area contributed by atoms with Gasteiger partial charge in [-0.05, 0) is 26.0 Å². The standard InChI is InChI=1S/C15H12ClF2NO3.C4H10O/c16-14-9-12(2-3-15(14)21-5-1-4-19-20)22-13-7-10(17)6-11(18)8-13;1-3-5-4-2/h2-4,6-9,20H,1,5H2;3-4H2,1-2H3. The molecule has 0 unspecified atom stereocenters. The van der Waals surface area contributed by atoms with Gasteiger partial charge in [-0.3, -0.25) is 0 Å². The molecule has 2 aromatic carbocycles. The Labute approximate surface area is 162 Å². The second-order valence-corrected chi connectivity index (χ2v) is 5.42. The third-order valence-electron chi connectivity index (χ3n) is 2.97. The first-order chi connectivity index (χ1) is 13.0. The molecule has 0 radical (unpaired) electrons. The molecule has 0 aliphatic rings. The Morgan fingerprint density at radius 1 is 1.04 bits per heavy atom. The largest absolute Gasteiger partial charge is 0.492 e. The summed E-state index contributed by atoms with van der Waals surface area (Å²) in [7, 11) is 0. The molecule has 0 amide bonds. The lowest BCUT2D eigenvalue weighted by Gasteiger charge is -2.10. The number of halogens is 3. The number of nitrogens with zero attached hydrogens (tertiary/aromatic N) is 1. The summed E-state index contributed by atoms with van der Waals surface area (Å²) in [5.74, 6) is -0.690. The van der Waals surface area contributed by atoms with E-state index in [-0.39, 0.29) is 10.8 Å². The zero-order chi connectivity index (χ0) is 20.1. The van der Waals surface area contributed by atoms with Crippen LogP contribution in [-0.2, 0) is 4.74 Å². The van der Waals surface area contributed by atoms with Gasteiger partial charge in [-0.25, -0.2) is 8.78 Å². The molecule has 0 bridgehead atoms. The Morgan fingerprint density at radius 3 is 2.22 bits per heavy atom. The fourth-order valence-electron chi connectivity index (χ4n) is 1.87. The Bertz CT molecular complexity index is 707. The summed E-state index contributed by atoms with van der Waals surface area (Å²) in [4.78, 5) is 0. The second kappa shape index (κ2) is 12.9. The molecule has 5 nitrogen and oxygen atoms in total. The van der Waals surface area contributed by atoms with Crippen LogP contribution in [0.15, 0.2) is 41.6 Å². The first kappa shape index (κ1) is 22.7. The lowest BCUT2D eigenvalue weighted by atomic mass is 10.3. The number of ether oxygens (including phenoxy) is 3. The molecule has 148 valence electrons. The van der Waals surface area contributed by atoms with Gasteiger partial charge < -0.3 is 19.4 Å². The highest BCUT2D eigenvalue weighted by Gasteiger charge is 2.07. The van der Waals surface area contributed by atoms with Crippen molar-refractivity contribution in [1.29, 1.82) is 0 Å². The predicted octanol–water partition coefficient (Wildman–Crippen LogP) is 5.68. The van der Waals surface area contributed by atoms with Crippen molar-refractivity contribution in [1.82, 2.24) is 0 Å². The van der Waals surface area contributed by atoms with Crippen LogP contribution in [0.3, 0.4) is 0 Å². The van der Waals surface area contributed by atoms with E-state index in [0.29, 0.717) is 24.5 Å². The molecule has 1 N–H and O–H groups in total. The molecule has 0 spiro atoms. The fourth-order valence-corrected chi connectivity index (χ4v) is 2.09. The number of benzene rings is 2. The summed E-state index contributed by atoms with van der Waals surface area (Å²) >= 11 is 6.03. The molecule has 0 heterocycles. The molecule has 2 rings (SSSR count). The van der Waals surface area contributed by atoms with E-state index in [9.17, 15) is 8.78 Å². The lowest BCUT2D eigenvalue weighted by Crippen LogP contribution is -1.98. The van der Waals surface area contributed by atoms with Crippen LogP contribution in [0.1, 0.15) is 20.3 Å². The van der Waals surface area contributed by atoms with E-state index in [1.165, 1.54) is 12.3 Å². The zero-order valence-corrected chi connectivity index (χ0v) is 15.9. The first-order valence-electron chi connectivity index (χ1n) is 8.30. The minimum absolute atomic E-state index is 0.0291. The number of hydrogen-bond acceptors (Lipinski definition) is 5. The monoisotopic (exact) mass is 401 g/mol. The van der Waals surface area contributed by atoms with Crippen LogP contribution in [0, 0.1) is 11.6 Å². The van der Waals surface area contributed by atoms with E-state index in [2.05, 4.69) is 5.16 Å². The molecule has 0 saturated carbocycles. The lowest BCUT2D eigenvalue weighted by molar-refractivity contribution is 0.162. The minimum atomic E-state index is -0.730. The van der Waals surface area contributed by atoms with E-state index < -0.39 is 11.6 Å². The van der Waals surface area contributed by atoms with Crippen LogP contribution >= 0.6 is 11.6 Å². The van der Waals surface area contributed by atoms with Gasteiger partial charge in [0, 0.05) is 50.1 Å². The number of rotatable bonds is 8. The maximum absolute atomic E-state index is 13.1. The van der Waals surface area contributed by atoms with E-state index in [1.807, 2.05) is 13.8 Å². The van der Waals surface area contributed by atoms with Crippen LogP contribution in [0.2, 0.25) is 5.02 Å². The first-order valence-corrected chi connectivity index (χ1v) is 8.67. The average molecular weight is 402 g/mol. The maximum atomic E-state index is 13.1. The Balaban J connectivity index is 0.000000646. The summed E-state index contributed by atoms with van der Waals surface area (Å²) in [5, 5.41) is 11.4. The predicted molar refractivity (Wildman–Crippen MR) is 100 cm³/mol. The molecule has 0 aromatic heterocycles. The quantitative estimate of drug-likeness (QED) is 0.267. The molecule has 8 heteroatoms. The highest BCUT2D eigenvalue weighted by Crippen LogP contribution is 2.31. The van der Waals surface area contributed by atoms with Crippen molar-refractivity contribution in [2.75, 3.05) is 19.8 Å². The molecular formula is C19H22ClF2NO4. The minimum Gasteiger partial charge on any atom is -0.492 e. The van der Waals surface area contributed by atoms with Crippen molar-refractivity contribution in [3.63, 3.8) is 0 Å². The van der Waals surface area contributed by atoms with Crippen LogP contribution in [0.4, 0.5) is 8.78 Å². The summed E-state index contributed by atoms with van der Waals surface area (Å²) in [5.41, 5.74) is 0. The second-order valence-electron chi connectivity index (χ2n) is 5.02. The highest BCUT2D eigenvalue weighted by molar-refractivity contribution is 6.32. The Kier molecular flexibility index (Phi) is 10.8. The van der Waals surface area contributed by atoms with E-state index in [4.69, 9.17) is 31.0 Å². The van der Waals surface area contributed by atoms with Crippen molar-refractivity contribution >= 4 is 17.8 Å². The van der Waals surface area contributed by atoms with Crippen LogP contribution in [-0.4, -0.2) is 31.2 Å². The van der Waals surface area contributed by atoms with Crippen molar-refractivity contribution in [3.8, 4) is 17.2 Å². The van der Waals surface area contributed by atoms with Crippen molar-refractivity contribution in [3.05, 3.63) is 53.1 Å². The Morgan fingerprint density at radius 2 is 1.70 bits per heavy atom. The molecule has 0 fully saturated rings. The van der Waals surface area contributed by atoms with Crippen molar-refractivity contribution in [2.24, 2.45) is 5.16 Å². The fraction of sp³-hybridized carbons (Fsp3) is 0.316. The third kappa shape index (κ3) is 9.21. The Hall–Kier alpha value is -2.38. The third-order valence-corrected chi connectivity index (χ3v) is 3.26. The van der Waals surface area contributed by atoms with Gasteiger partial charge in [-0.1, -0.05) is 11.6 Å². The number of oxime groups is 1. The zero-order valence-electron chi connectivity index (χ0n) is 15.1. The molecule has 0 saturated heterocycles. The van der Waals surface area contributed by atoms with E-state index in [0.717, 1.165) is 31.4 Å². The van der Waals surface area contributed by atoms with Gasteiger partial charge in [-0.2, -0.15) is 0 Å². The van der Waals surface area contributed by atoms with Crippen molar-refractivity contribution < 1.29 is 28.2 Å². The highest BCUT2D eigenvalue weighted by atomic mass is 35.5. The number of hydrogen-bond donors (Lipinski definition) is 1.